The predicted molar refractivity (Wildman–Crippen MR) is 92.7 cm³/mol. The van der Waals surface area contributed by atoms with Crippen LogP contribution in [0.5, 0.6) is 11.5 Å². The van der Waals surface area contributed by atoms with Crippen LogP contribution in [-0.4, -0.2) is 6.04 Å². The molecule has 0 unspecified atom stereocenters. The minimum absolute atomic E-state index is 0.452. The molecular weight excluding hydrogens is 373 g/mol. The highest BCUT2D eigenvalue weighted by Crippen LogP contribution is 2.33. The van der Waals surface area contributed by atoms with E-state index in [4.69, 9.17) is 27.9 Å². The third-order valence-corrected chi connectivity index (χ3v) is 3.83. The van der Waals surface area contributed by atoms with Crippen LogP contribution in [0.4, 0.5) is 0 Å². The van der Waals surface area contributed by atoms with Gasteiger partial charge in [0, 0.05) is 22.6 Å². The number of rotatable bonds is 5. The molecule has 0 aliphatic carbocycles. The van der Waals surface area contributed by atoms with Crippen LogP contribution in [-0.2, 0) is 6.54 Å². The van der Waals surface area contributed by atoms with Gasteiger partial charge in [-0.1, -0.05) is 43.1 Å². The van der Waals surface area contributed by atoms with E-state index in [1.807, 2.05) is 18.2 Å². The lowest BCUT2D eigenvalue weighted by Gasteiger charge is -2.12. The maximum atomic E-state index is 5.97. The lowest BCUT2D eigenvalue weighted by Crippen LogP contribution is -2.21. The highest BCUT2D eigenvalue weighted by Gasteiger charge is 2.06. The molecule has 21 heavy (non-hydrogen) atoms. The summed E-state index contributed by atoms with van der Waals surface area (Å²) >= 11 is 15.5. The van der Waals surface area contributed by atoms with Crippen molar-refractivity contribution in [2.24, 2.45) is 0 Å². The van der Waals surface area contributed by atoms with Gasteiger partial charge in [-0.3, -0.25) is 0 Å². The molecule has 0 aliphatic rings. The number of hydrogen-bond acceptors (Lipinski definition) is 2. The second-order valence-corrected chi connectivity index (χ2v) is 6.73. The standard InChI is InChI=1S/C16H16BrCl2NO/c1-10(2)20-9-11-3-4-16(15(17)5-11)21-14-7-12(18)6-13(19)8-14/h3-8,10,20H,9H2,1-2H3. The predicted octanol–water partition coefficient (Wildman–Crippen LogP) is 6.05. The monoisotopic (exact) mass is 387 g/mol. The summed E-state index contributed by atoms with van der Waals surface area (Å²) in [5.74, 6) is 1.34. The number of halogens is 3. The zero-order valence-corrected chi connectivity index (χ0v) is 14.9. The van der Waals surface area contributed by atoms with Crippen LogP contribution in [0.3, 0.4) is 0 Å². The first-order valence-corrected chi connectivity index (χ1v) is 8.14. The Hall–Kier alpha value is -0.740. The van der Waals surface area contributed by atoms with Gasteiger partial charge in [0.1, 0.15) is 11.5 Å². The molecule has 2 rings (SSSR count). The molecule has 1 N–H and O–H groups in total. The largest absolute Gasteiger partial charge is 0.456 e. The maximum Gasteiger partial charge on any atom is 0.141 e. The van der Waals surface area contributed by atoms with Gasteiger partial charge in [0.05, 0.1) is 4.47 Å². The van der Waals surface area contributed by atoms with Crippen molar-refractivity contribution in [2.45, 2.75) is 26.4 Å². The molecule has 0 heterocycles. The molecule has 5 heteroatoms. The number of nitrogens with one attached hydrogen (secondary N) is 1. The summed E-state index contributed by atoms with van der Waals surface area (Å²) in [5, 5.41) is 4.47. The van der Waals surface area contributed by atoms with Crippen molar-refractivity contribution >= 4 is 39.1 Å². The molecule has 0 spiro atoms. The van der Waals surface area contributed by atoms with E-state index in [-0.39, 0.29) is 0 Å². The van der Waals surface area contributed by atoms with E-state index in [1.54, 1.807) is 18.2 Å². The Labute approximate surface area is 143 Å². The molecule has 2 nitrogen and oxygen atoms in total. The van der Waals surface area contributed by atoms with Crippen LogP contribution in [0, 0.1) is 0 Å². The van der Waals surface area contributed by atoms with E-state index in [0.717, 1.165) is 16.8 Å². The number of benzene rings is 2. The van der Waals surface area contributed by atoms with Crippen molar-refractivity contribution in [3.63, 3.8) is 0 Å². The molecule has 0 aliphatic heterocycles. The fourth-order valence-electron chi connectivity index (χ4n) is 1.77. The van der Waals surface area contributed by atoms with Crippen LogP contribution in [0.1, 0.15) is 19.4 Å². The highest BCUT2D eigenvalue weighted by atomic mass is 79.9. The normalized spacial score (nSPS) is 11.0. The smallest absolute Gasteiger partial charge is 0.141 e. The summed E-state index contributed by atoms with van der Waals surface area (Å²) < 4.78 is 6.71. The van der Waals surface area contributed by atoms with E-state index in [0.29, 0.717) is 21.8 Å². The van der Waals surface area contributed by atoms with Gasteiger partial charge in [-0.2, -0.15) is 0 Å². The van der Waals surface area contributed by atoms with Crippen LogP contribution in [0.2, 0.25) is 10.0 Å². The molecule has 2 aromatic rings. The molecule has 0 aromatic heterocycles. The topological polar surface area (TPSA) is 21.3 Å². The molecule has 2 aromatic carbocycles. The molecule has 0 saturated heterocycles. The first-order chi connectivity index (χ1) is 9.94. The van der Waals surface area contributed by atoms with Crippen molar-refractivity contribution < 1.29 is 4.74 Å². The Bertz CT molecular complexity index is 611. The van der Waals surface area contributed by atoms with Crippen molar-refractivity contribution in [3.05, 3.63) is 56.5 Å². The Kier molecular flexibility index (Phi) is 5.94. The molecular formula is C16H16BrCl2NO. The van der Waals surface area contributed by atoms with E-state index in [2.05, 4.69) is 35.1 Å². The third-order valence-electron chi connectivity index (χ3n) is 2.77. The summed E-state index contributed by atoms with van der Waals surface area (Å²) in [5.41, 5.74) is 1.19. The van der Waals surface area contributed by atoms with E-state index in [1.165, 1.54) is 5.56 Å². The second-order valence-electron chi connectivity index (χ2n) is 5.01. The summed E-state index contributed by atoms with van der Waals surface area (Å²) in [7, 11) is 0. The maximum absolute atomic E-state index is 5.97. The minimum Gasteiger partial charge on any atom is -0.456 e. The molecule has 112 valence electrons. The van der Waals surface area contributed by atoms with Crippen LogP contribution >= 0.6 is 39.1 Å². The molecule has 0 bridgehead atoms. The van der Waals surface area contributed by atoms with Crippen LogP contribution in [0.15, 0.2) is 40.9 Å². The first-order valence-electron chi connectivity index (χ1n) is 6.60. The Morgan fingerprint density at radius 1 is 1.10 bits per heavy atom. The van der Waals surface area contributed by atoms with E-state index >= 15 is 0 Å². The van der Waals surface area contributed by atoms with Gasteiger partial charge in [0.25, 0.3) is 0 Å². The third kappa shape index (κ3) is 5.19. The van der Waals surface area contributed by atoms with Crippen molar-refractivity contribution in [2.75, 3.05) is 0 Å². The molecule has 0 radical (unpaired) electrons. The van der Waals surface area contributed by atoms with Crippen molar-refractivity contribution in [3.8, 4) is 11.5 Å². The fourth-order valence-corrected chi connectivity index (χ4v) is 2.79. The number of hydrogen-bond donors (Lipinski definition) is 1. The summed E-state index contributed by atoms with van der Waals surface area (Å²) in [6.07, 6.45) is 0. The van der Waals surface area contributed by atoms with E-state index < -0.39 is 0 Å². The quantitative estimate of drug-likeness (QED) is 0.673. The zero-order chi connectivity index (χ0) is 15.4. The first kappa shape index (κ1) is 16.6. The zero-order valence-electron chi connectivity index (χ0n) is 11.8. The molecule has 0 fully saturated rings. The Balaban J connectivity index is 2.13. The number of ether oxygens (including phenoxy) is 1. The van der Waals surface area contributed by atoms with E-state index in [9.17, 15) is 0 Å². The molecule has 0 amide bonds. The Morgan fingerprint density at radius 3 is 2.33 bits per heavy atom. The van der Waals surface area contributed by atoms with Crippen molar-refractivity contribution in [1.29, 1.82) is 0 Å². The van der Waals surface area contributed by atoms with Crippen LogP contribution < -0.4 is 10.1 Å². The minimum atomic E-state index is 0.452. The average Bonchev–Trinajstić information content (AvgIpc) is 2.38. The Morgan fingerprint density at radius 2 is 1.76 bits per heavy atom. The second kappa shape index (κ2) is 7.50. The lowest BCUT2D eigenvalue weighted by molar-refractivity contribution is 0.479. The molecule has 0 atom stereocenters. The van der Waals surface area contributed by atoms with Gasteiger partial charge in [-0.05, 0) is 51.8 Å². The summed E-state index contributed by atoms with van der Waals surface area (Å²) in [6, 6.07) is 11.6. The SMILES string of the molecule is CC(C)NCc1ccc(Oc2cc(Cl)cc(Cl)c2)c(Br)c1. The fraction of sp³-hybridized carbons (Fsp3) is 0.250. The van der Waals surface area contributed by atoms with Gasteiger partial charge in [-0.15, -0.1) is 0 Å². The highest BCUT2D eigenvalue weighted by molar-refractivity contribution is 9.10. The summed E-state index contributed by atoms with van der Waals surface area (Å²) in [6.45, 7) is 5.06. The van der Waals surface area contributed by atoms with Gasteiger partial charge < -0.3 is 10.1 Å². The van der Waals surface area contributed by atoms with Gasteiger partial charge in [-0.25, -0.2) is 0 Å². The summed E-state index contributed by atoms with van der Waals surface area (Å²) in [4.78, 5) is 0. The van der Waals surface area contributed by atoms with Gasteiger partial charge in [0.2, 0.25) is 0 Å². The lowest BCUT2D eigenvalue weighted by atomic mass is 10.2. The van der Waals surface area contributed by atoms with Gasteiger partial charge in [0.15, 0.2) is 0 Å². The average molecular weight is 389 g/mol. The van der Waals surface area contributed by atoms with Crippen LogP contribution in [0.25, 0.3) is 0 Å². The van der Waals surface area contributed by atoms with Gasteiger partial charge >= 0.3 is 0 Å². The van der Waals surface area contributed by atoms with Crippen molar-refractivity contribution in [1.82, 2.24) is 5.32 Å². The molecule has 0 saturated carbocycles.